The summed E-state index contributed by atoms with van der Waals surface area (Å²) in [5.74, 6) is 0.592. The number of allylic oxidation sites excluding steroid dienone is 1. The standard InChI is InChI=1S/C31H38N6O3/c1-6-8-10-27(39)34-18-31-13-19(3)37(26(31)14-31)28(40)17-36-30-22(9-7-2)11-23(24-15-32-21(5)33-16-24)12-25(30)29(35-36)20(4)38/h7,11-12,15-16,19,26H,2,6,8-10,13-14,17-18H2,1,3-5H3,(H,34,39)/t19-,26-,31+/m1/s1. The van der Waals surface area contributed by atoms with Gasteiger partial charge >= 0.3 is 0 Å². The second kappa shape index (κ2) is 10.9. The zero-order valence-corrected chi connectivity index (χ0v) is 23.9. The molecule has 3 heterocycles. The Morgan fingerprint density at radius 1 is 1.18 bits per heavy atom. The van der Waals surface area contributed by atoms with Gasteiger partial charge in [0.1, 0.15) is 18.1 Å². The fourth-order valence-electron chi connectivity index (χ4n) is 6.32. The summed E-state index contributed by atoms with van der Waals surface area (Å²) in [6.07, 6.45) is 10.1. The molecule has 2 fully saturated rings. The van der Waals surface area contributed by atoms with E-state index in [-0.39, 0.29) is 41.6 Å². The van der Waals surface area contributed by atoms with Crippen LogP contribution in [0.25, 0.3) is 22.0 Å². The number of likely N-dealkylation sites (tertiary alicyclic amines) is 1. The number of hydrogen-bond donors (Lipinski definition) is 1. The minimum atomic E-state index is -0.160. The fourth-order valence-corrected chi connectivity index (χ4v) is 6.32. The van der Waals surface area contributed by atoms with Gasteiger partial charge in [0.05, 0.1) is 5.52 Å². The number of carbonyl (C=O) groups excluding carboxylic acids is 3. The highest BCUT2D eigenvalue weighted by Gasteiger charge is 2.64. The summed E-state index contributed by atoms with van der Waals surface area (Å²) in [6, 6.07) is 4.17. The molecule has 0 spiro atoms. The molecule has 9 heteroatoms. The molecule has 210 valence electrons. The lowest BCUT2D eigenvalue weighted by atomic mass is 9.98. The number of benzene rings is 1. The summed E-state index contributed by atoms with van der Waals surface area (Å²) >= 11 is 0. The Labute approximate surface area is 235 Å². The largest absolute Gasteiger partial charge is 0.355 e. The molecule has 1 aliphatic heterocycles. The molecule has 1 saturated heterocycles. The number of hydrogen-bond acceptors (Lipinski definition) is 6. The van der Waals surface area contributed by atoms with E-state index in [2.05, 4.69) is 40.8 Å². The summed E-state index contributed by atoms with van der Waals surface area (Å²) in [4.78, 5) is 49.3. The van der Waals surface area contributed by atoms with E-state index < -0.39 is 0 Å². The van der Waals surface area contributed by atoms with Crippen LogP contribution in [0, 0.1) is 12.3 Å². The number of unbranched alkanes of at least 4 members (excludes halogenated alkanes) is 1. The molecule has 2 amide bonds. The Kier molecular flexibility index (Phi) is 7.57. The molecule has 1 N–H and O–H groups in total. The lowest BCUT2D eigenvalue weighted by Crippen LogP contribution is -2.39. The van der Waals surface area contributed by atoms with Gasteiger partial charge in [-0.2, -0.15) is 5.10 Å². The Morgan fingerprint density at radius 2 is 1.93 bits per heavy atom. The number of nitrogens with one attached hydrogen (secondary N) is 1. The van der Waals surface area contributed by atoms with Crippen molar-refractivity contribution in [3.63, 3.8) is 0 Å². The summed E-state index contributed by atoms with van der Waals surface area (Å²) in [7, 11) is 0. The smallest absolute Gasteiger partial charge is 0.244 e. The van der Waals surface area contributed by atoms with E-state index in [9.17, 15) is 14.4 Å². The van der Waals surface area contributed by atoms with Crippen LogP contribution in [0.5, 0.6) is 0 Å². The van der Waals surface area contributed by atoms with E-state index in [1.807, 2.05) is 30.0 Å². The molecule has 0 bridgehead atoms. The number of piperidine rings is 1. The van der Waals surface area contributed by atoms with Gasteiger partial charge in [-0.05, 0) is 62.8 Å². The van der Waals surface area contributed by atoms with E-state index in [0.717, 1.165) is 47.9 Å². The number of amides is 2. The number of ketones is 1. The van der Waals surface area contributed by atoms with Crippen LogP contribution in [0.3, 0.4) is 0 Å². The van der Waals surface area contributed by atoms with Gasteiger partial charge in [0.15, 0.2) is 5.78 Å². The number of carbonyl (C=O) groups is 3. The van der Waals surface area contributed by atoms with Crippen LogP contribution in [0.15, 0.2) is 37.2 Å². The molecule has 9 nitrogen and oxygen atoms in total. The molecule has 3 atom stereocenters. The summed E-state index contributed by atoms with van der Waals surface area (Å²) < 4.78 is 1.68. The van der Waals surface area contributed by atoms with Crippen LogP contribution in [0.2, 0.25) is 0 Å². The van der Waals surface area contributed by atoms with Gasteiger partial charge < -0.3 is 10.2 Å². The fraction of sp³-hybridized carbons (Fsp3) is 0.484. The minimum absolute atomic E-state index is 0.0192. The SMILES string of the molecule is C=CCc1cc(-c2cnc(C)nc2)cc2c(C(C)=O)nn(CC(=O)N3[C@H](C)C[C@@]4(CNC(=O)CCCC)C[C@@H]34)c12. The van der Waals surface area contributed by atoms with Crippen molar-refractivity contribution < 1.29 is 14.4 Å². The first-order chi connectivity index (χ1) is 19.2. The van der Waals surface area contributed by atoms with Gasteiger partial charge in [-0.3, -0.25) is 19.1 Å². The summed E-state index contributed by atoms with van der Waals surface area (Å²) in [6.45, 7) is 12.1. The zero-order chi connectivity index (χ0) is 28.6. The third-order valence-corrected chi connectivity index (χ3v) is 8.36. The van der Waals surface area contributed by atoms with Crippen molar-refractivity contribution in [2.24, 2.45) is 5.41 Å². The van der Waals surface area contributed by atoms with Crippen molar-refractivity contribution in [2.45, 2.75) is 84.8 Å². The molecular weight excluding hydrogens is 504 g/mol. The topological polar surface area (TPSA) is 110 Å². The normalized spacial score (nSPS) is 21.4. The molecule has 40 heavy (non-hydrogen) atoms. The van der Waals surface area contributed by atoms with Crippen LogP contribution in [-0.4, -0.2) is 60.9 Å². The quantitative estimate of drug-likeness (QED) is 0.284. The van der Waals surface area contributed by atoms with Crippen LogP contribution in [0.1, 0.15) is 74.8 Å². The Bertz CT molecular complexity index is 1480. The molecule has 2 aromatic heterocycles. The predicted molar refractivity (Wildman–Crippen MR) is 154 cm³/mol. The Balaban J connectivity index is 1.42. The van der Waals surface area contributed by atoms with E-state index in [4.69, 9.17) is 0 Å². The van der Waals surface area contributed by atoms with Gasteiger partial charge in [-0.25, -0.2) is 9.97 Å². The third-order valence-electron chi connectivity index (χ3n) is 8.36. The number of fused-ring (bicyclic) bond motifs is 2. The number of rotatable bonds is 11. The molecule has 2 aliphatic rings. The molecule has 5 rings (SSSR count). The lowest BCUT2D eigenvalue weighted by Gasteiger charge is -2.24. The second-order valence-corrected chi connectivity index (χ2v) is 11.4. The first-order valence-corrected chi connectivity index (χ1v) is 14.2. The number of nitrogens with zero attached hydrogens (tertiary/aromatic N) is 5. The van der Waals surface area contributed by atoms with Crippen LogP contribution in [0.4, 0.5) is 0 Å². The van der Waals surface area contributed by atoms with Gasteiger partial charge in [-0.1, -0.05) is 19.4 Å². The summed E-state index contributed by atoms with van der Waals surface area (Å²) in [5.41, 5.74) is 3.73. The van der Waals surface area contributed by atoms with E-state index in [1.54, 1.807) is 17.1 Å². The lowest BCUT2D eigenvalue weighted by molar-refractivity contribution is -0.133. The van der Waals surface area contributed by atoms with Crippen LogP contribution >= 0.6 is 0 Å². The zero-order valence-electron chi connectivity index (χ0n) is 23.9. The van der Waals surface area contributed by atoms with Crippen molar-refractivity contribution in [3.05, 3.63) is 54.3 Å². The van der Waals surface area contributed by atoms with Gasteiger partial charge in [0.2, 0.25) is 11.8 Å². The molecule has 0 unspecified atom stereocenters. The highest BCUT2D eigenvalue weighted by molar-refractivity contribution is 6.07. The van der Waals surface area contributed by atoms with Crippen LogP contribution in [-0.2, 0) is 22.6 Å². The maximum Gasteiger partial charge on any atom is 0.244 e. The summed E-state index contributed by atoms with van der Waals surface area (Å²) in [5, 5.41) is 8.47. The highest BCUT2D eigenvalue weighted by atomic mass is 16.2. The maximum atomic E-state index is 13.8. The molecule has 1 aromatic carbocycles. The second-order valence-electron chi connectivity index (χ2n) is 11.4. The average Bonchev–Trinajstić information content (AvgIpc) is 3.34. The average molecular weight is 543 g/mol. The first-order valence-electron chi connectivity index (χ1n) is 14.2. The third kappa shape index (κ3) is 5.17. The molecule has 1 saturated carbocycles. The van der Waals surface area contributed by atoms with E-state index in [1.165, 1.54) is 6.92 Å². The predicted octanol–water partition coefficient (Wildman–Crippen LogP) is 4.42. The van der Waals surface area contributed by atoms with Crippen molar-refractivity contribution in [1.29, 1.82) is 0 Å². The van der Waals surface area contributed by atoms with Crippen molar-refractivity contribution in [2.75, 3.05) is 6.54 Å². The highest BCUT2D eigenvalue weighted by Crippen LogP contribution is 2.59. The number of Topliss-reactive ketones (excluding diaryl/α,β-unsaturated/α-hetero) is 1. The van der Waals surface area contributed by atoms with E-state index >= 15 is 0 Å². The first kappa shape index (κ1) is 27.7. The van der Waals surface area contributed by atoms with Crippen molar-refractivity contribution in [3.8, 4) is 11.1 Å². The van der Waals surface area contributed by atoms with Crippen LogP contribution < -0.4 is 5.32 Å². The van der Waals surface area contributed by atoms with E-state index in [0.29, 0.717) is 36.3 Å². The van der Waals surface area contributed by atoms with Crippen molar-refractivity contribution in [1.82, 2.24) is 30.0 Å². The van der Waals surface area contributed by atoms with Gasteiger partial charge in [-0.15, -0.1) is 6.58 Å². The Hall–Kier alpha value is -3.88. The monoisotopic (exact) mass is 542 g/mol. The number of aryl methyl sites for hydroxylation is 1. The Morgan fingerprint density at radius 3 is 2.60 bits per heavy atom. The van der Waals surface area contributed by atoms with Gasteiger partial charge in [0, 0.05) is 60.7 Å². The number of aromatic nitrogens is 4. The van der Waals surface area contributed by atoms with Gasteiger partial charge in [0.25, 0.3) is 0 Å². The maximum absolute atomic E-state index is 13.8. The molecular formula is C31H38N6O3. The molecule has 3 aromatic rings. The molecule has 1 aliphatic carbocycles. The molecule has 0 radical (unpaired) electrons. The minimum Gasteiger partial charge on any atom is -0.355 e. The van der Waals surface area contributed by atoms with Crippen molar-refractivity contribution >= 4 is 28.5 Å².